The van der Waals surface area contributed by atoms with Crippen molar-refractivity contribution in [3.05, 3.63) is 60.2 Å². The molecule has 0 amide bonds. The lowest BCUT2D eigenvalue weighted by atomic mass is 10.0. The lowest BCUT2D eigenvalue weighted by molar-refractivity contribution is -0.281. The van der Waals surface area contributed by atoms with Crippen LogP contribution in [0.4, 0.5) is 0 Å². The highest BCUT2D eigenvalue weighted by Crippen LogP contribution is 2.25. The average molecular weight is 502 g/mol. The van der Waals surface area contributed by atoms with E-state index in [0.29, 0.717) is 19.6 Å². The second-order valence-electron chi connectivity index (χ2n) is 8.22. The number of carbonyl (C=O) groups excluding carboxylic acids is 3. The standard InChI is InChI=1S/C25H31N3O8/c1-17(29)34-22-16-33-25(24(36-19(3)31)23(22)35-18(2)30)32-13-12-28(14-20-8-4-6-10-26-20)15-21-9-5-7-11-27-21/h4-11,22-25H,12-16H2,1-3H3/t22-,23+,24-,25-/m1/s1. The summed E-state index contributed by atoms with van der Waals surface area (Å²) in [5, 5.41) is 0. The molecule has 0 spiro atoms. The van der Waals surface area contributed by atoms with Gasteiger partial charge >= 0.3 is 17.9 Å². The molecular formula is C25H31N3O8. The number of pyridine rings is 2. The zero-order valence-electron chi connectivity index (χ0n) is 20.6. The molecule has 11 heteroatoms. The molecule has 4 atom stereocenters. The quantitative estimate of drug-likeness (QED) is 0.329. The van der Waals surface area contributed by atoms with Crippen LogP contribution in [0, 0.1) is 0 Å². The molecule has 0 radical (unpaired) electrons. The maximum absolute atomic E-state index is 11.8. The summed E-state index contributed by atoms with van der Waals surface area (Å²) >= 11 is 0. The largest absolute Gasteiger partial charge is 0.456 e. The van der Waals surface area contributed by atoms with Gasteiger partial charge in [-0.3, -0.25) is 29.3 Å². The summed E-state index contributed by atoms with van der Waals surface area (Å²) in [5.41, 5.74) is 1.78. The molecule has 1 saturated heterocycles. The first-order valence-electron chi connectivity index (χ1n) is 11.6. The van der Waals surface area contributed by atoms with Gasteiger partial charge in [0.2, 0.25) is 0 Å². The van der Waals surface area contributed by atoms with E-state index in [1.807, 2.05) is 36.4 Å². The van der Waals surface area contributed by atoms with E-state index >= 15 is 0 Å². The third kappa shape index (κ3) is 8.67. The lowest BCUT2D eigenvalue weighted by Gasteiger charge is -2.40. The second kappa shape index (κ2) is 13.6. The molecular weight excluding hydrogens is 470 g/mol. The van der Waals surface area contributed by atoms with Gasteiger partial charge in [0.05, 0.1) is 24.6 Å². The first-order valence-corrected chi connectivity index (χ1v) is 11.6. The second-order valence-corrected chi connectivity index (χ2v) is 8.22. The summed E-state index contributed by atoms with van der Waals surface area (Å²) in [6, 6.07) is 11.4. The van der Waals surface area contributed by atoms with Crippen molar-refractivity contribution >= 4 is 17.9 Å². The number of nitrogens with zero attached hydrogens (tertiary/aromatic N) is 3. The SMILES string of the molecule is CC(=O)O[C@@H]1[C@@H](OC(C)=O)[C@H](OCCN(Cc2ccccn2)Cc2ccccn2)OC[C@H]1OC(C)=O. The summed E-state index contributed by atoms with van der Waals surface area (Å²) in [6.45, 7) is 5.37. The summed E-state index contributed by atoms with van der Waals surface area (Å²) in [7, 11) is 0. The first-order chi connectivity index (χ1) is 17.3. The summed E-state index contributed by atoms with van der Waals surface area (Å²) in [6.07, 6.45) is -0.702. The van der Waals surface area contributed by atoms with E-state index in [9.17, 15) is 14.4 Å². The molecule has 36 heavy (non-hydrogen) atoms. The molecule has 3 heterocycles. The molecule has 1 fully saturated rings. The fourth-order valence-corrected chi connectivity index (χ4v) is 3.81. The third-order valence-corrected chi connectivity index (χ3v) is 5.22. The van der Waals surface area contributed by atoms with Crippen LogP contribution in [-0.4, -0.2) is 77.1 Å². The van der Waals surface area contributed by atoms with Crippen molar-refractivity contribution < 1.29 is 38.1 Å². The van der Waals surface area contributed by atoms with Crippen LogP contribution in [0.5, 0.6) is 0 Å². The highest BCUT2D eigenvalue weighted by atomic mass is 16.7. The number of ether oxygens (including phenoxy) is 5. The monoisotopic (exact) mass is 501 g/mol. The molecule has 0 aromatic carbocycles. The molecule has 2 aromatic heterocycles. The van der Waals surface area contributed by atoms with Gasteiger partial charge in [0.15, 0.2) is 24.6 Å². The number of esters is 3. The van der Waals surface area contributed by atoms with E-state index < -0.39 is 42.5 Å². The number of aromatic nitrogens is 2. The van der Waals surface area contributed by atoms with Gasteiger partial charge in [0.1, 0.15) is 0 Å². The minimum absolute atomic E-state index is 0.0917. The molecule has 2 aromatic rings. The Morgan fingerprint density at radius 2 is 1.42 bits per heavy atom. The third-order valence-electron chi connectivity index (χ3n) is 5.22. The molecule has 3 rings (SSSR count). The highest BCUT2D eigenvalue weighted by molar-refractivity contribution is 5.68. The number of rotatable bonds is 11. The summed E-state index contributed by atoms with van der Waals surface area (Å²) < 4.78 is 27.6. The maximum atomic E-state index is 11.8. The minimum atomic E-state index is -1.12. The van der Waals surface area contributed by atoms with Crippen LogP contribution in [0.3, 0.4) is 0 Å². The van der Waals surface area contributed by atoms with Crippen LogP contribution >= 0.6 is 0 Å². The van der Waals surface area contributed by atoms with E-state index in [2.05, 4.69) is 14.9 Å². The molecule has 194 valence electrons. The number of hydrogen-bond donors (Lipinski definition) is 0. The average Bonchev–Trinajstić information content (AvgIpc) is 2.83. The maximum Gasteiger partial charge on any atom is 0.303 e. The van der Waals surface area contributed by atoms with Gasteiger partial charge in [-0.15, -0.1) is 0 Å². The molecule has 0 aliphatic carbocycles. The molecule has 11 nitrogen and oxygen atoms in total. The van der Waals surface area contributed by atoms with Crippen molar-refractivity contribution in [1.29, 1.82) is 0 Å². The van der Waals surface area contributed by atoms with Crippen molar-refractivity contribution in [1.82, 2.24) is 14.9 Å². The van der Waals surface area contributed by atoms with Gasteiger partial charge in [-0.05, 0) is 24.3 Å². The first kappa shape index (κ1) is 27.2. The molecule has 1 aliphatic heterocycles. The van der Waals surface area contributed by atoms with Gasteiger partial charge in [-0.25, -0.2) is 0 Å². The molecule has 0 bridgehead atoms. The van der Waals surface area contributed by atoms with Crippen LogP contribution in [0.1, 0.15) is 32.2 Å². The van der Waals surface area contributed by atoms with Gasteiger partial charge < -0.3 is 23.7 Å². The zero-order chi connectivity index (χ0) is 25.9. The van der Waals surface area contributed by atoms with Crippen molar-refractivity contribution in [3.8, 4) is 0 Å². The van der Waals surface area contributed by atoms with Crippen LogP contribution < -0.4 is 0 Å². The van der Waals surface area contributed by atoms with E-state index in [4.69, 9.17) is 23.7 Å². The van der Waals surface area contributed by atoms with Crippen molar-refractivity contribution in [2.45, 2.75) is 58.5 Å². The van der Waals surface area contributed by atoms with Gasteiger partial charge in [-0.2, -0.15) is 0 Å². The smallest absolute Gasteiger partial charge is 0.303 e. The normalized spacial score (nSPS) is 21.6. The van der Waals surface area contributed by atoms with E-state index in [-0.39, 0.29) is 13.2 Å². The van der Waals surface area contributed by atoms with Crippen molar-refractivity contribution in [2.24, 2.45) is 0 Å². The van der Waals surface area contributed by atoms with Gasteiger partial charge in [-0.1, -0.05) is 12.1 Å². The van der Waals surface area contributed by atoms with Crippen LogP contribution in [0.2, 0.25) is 0 Å². The Morgan fingerprint density at radius 3 is 1.92 bits per heavy atom. The fourth-order valence-electron chi connectivity index (χ4n) is 3.81. The molecule has 1 aliphatic rings. The van der Waals surface area contributed by atoms with Crippen molar-refractivity contribution in [3.63, 3.8) is 0 Å². The summed E-state index contributed by atoms with van der Waals surface area (Å²) in [5.74, 6) is -1.82. The van der Waals surface area contributed by atoms with Crippen LogP contribution in [0.25, 0.3) is 0 Å². The Hall–Kier alpha value is -3.41. The Labute approximate surface area is 209 Å². The van der Waals surface area contributed by atoms with E-state index in [1.165, 1.54) is 20.8 Å². The fraction of sp³-hybridized carbons (Fsp3) is 0.480. The van der Waals surface area contributed by atoms with Gasteiger partial charge in [0.25, 0.3) is 0 Å². The zero-order valence-corrected chi connectivity index (χ0v) is 20.6. The highest BCUT2D eigenvalue weighted by Gasteiger charge is 2.47. The van der Waals surface area contributed by atoms with E-state index in [0.717, 1.165) is 11.4 Å². The number of carbonyl (C=O) groups is 3. The predicted octanol–water partition coefficient (Wildman–Crippen LogP) is 1.65. The Kier molecular flexibility index (Phi) is 10.3. The minimum Gasteiger partial charge on any atom is -0.456 e. The topological polar surface area (TPSA) is 126 Å². The summed E-state index contributed by atoms with van der Waals surface area (Å²) in [4.78, 5) is 46.0. The Balaban J connectivity index is 1.69. The van der Waals surface area contributed by atoms with Crippen LogP contribution in [0.15, 0.2) is 48.8 Å². The van der Waals surface area contributed by atoms with E-state index in [1.54, 1.807) is 12.4 Å². The Morgan fingerprint density at radius 1 is 0.861 bits per heavy atom. The molecule has 0 unspecified atom stereocenters. The molecule has 0 saturated carbocycles. The number of hydrogen-bond acceptors (Lipinski definition) is 11. The Bertz CT molecular complexity index is 950. The van der Waals surface area contributed by atoms with Crippen molar-refractivity contribution in [2.75, 3.05) is 19.8 Å². The molecule has 0 N–H and O–H groups in total. The predicted molar refractivity (Wildman–Crippen MR) is 125 cm³/mol. The van der Waals surface area contributed by atoms with Crippen LogP contribution in [-0.2, 0) is 51.2 Å². The van der Waals surface area contributed by atoms with Gasteiger partial charge in [0, 0.05) is 52.8 Å². The lowest BCUT2D eigenvalue weighted by Crippen LogP contribution is -2.58.